The van der Waals surface area contributed by atoms with Crippen LogP contribution in [0.3, 0.4) is 0 Å². The summed E-state index contributed by atoms with van der Waals surface area (Å²) in [5, 5.41) is 4.48. The van der Waals surface area contributed by atoms with Gasteiger partial charge in [0.2, 0.25) is 0 Å². The normalized spacial score (nSPS) is 12.2. The first kappa shape index (κ1) is 13.6. The van der Waals surface area contributed by atoms with Crippen LogP contribution in [0.5, 0.6) is 0 Å². The Morgan fingerprint density at radius 2 is 2.21 bits per heavy atom. The minimum Gasteiger partial charge on any atom is -0.322 e. The number of hydrogen-bond donors (Lipinski definition) is 2. The van der Waals surface area contributed by atoms with Crippen LogP contribution in [0.25, 0.3) is 0 Å². The van der Waals surface area contributed by atoms with Crippen molar-refractivity contribution in [3.8, 4) is 0 Å². The van der Waals surface area contributed by atoms with Gasteiger partial charge in [0.05, 0.1) is 11.7 Å². The lowest BCUT2D eigenvalue weighted by molar-refractivity contribution is 0.102. The maximum atomic E-state index is 13.4. The number of halogens is 2. The molecule has 1 aromatic carbocycles. The van der Waals surface area contributed by atoms with Gasteiger partial charge in [0.1, 0.15) is 22.3 Å². The molecular weight excluding hydrogens is 272 g/mol. The topological polar surface area (TPSA) is 68.0 Å². The molecule has 100 valence electrons. The summed E-state index contributed by atoms with van der Waals surface area (Å²) in [4.78, 5) is 15.9. The van der Waals surface area contributed by atoms with E-state index in [0.717, 1.165) is 12.1 Å². The predicted molar refractivity (Wildman–Crippen MR) is 69.0 cm³/mol. The number of nitrogens with two attached hydrogens (primary N) is 1. The molecule has 2 rings (SSSR count). The molecule has 1 unspecified atom stereocenters. The van der Waals surface area contributed by atoms with Crippen molar-refractivity contribution in [2.75, 3.05) is 5.32 Å². The Morgan fingerprint density at radius 3 is 2.79 bits per heavy atom. The van der Waals surface area contributed by atoms with Gasteiger partial charge in [0.25, 0.3) is 5.91 Å². The Bertz CT molecular complexity index is 613. The molecule has 1 atom stereocenters. The zero-order chi connectivity index (χ0) is 14.0. The monoisotopic (exact) mass is 283 g/mol. The van der Waals surface area contributed by atoms with Crippen molar-refractivity contribution in [1.82, 2.24) is 4.98 Å². The van der Waals surface area contributed by atoms with Gasteiger partial charge in [-0.25, -0.2) is 13.8 Å². The van der Waals surface area contributed by atoms with E-state index in [1.165, 1.54) is 16.7 Å². The van der Waals surface area contributed by atoms with Crippen LogP contribution >= 0.6 is 11.3 Å². The number of nitrogens with zero attached hydrogens (tertiary/aromatic N) is 1. The highest BCUT2D eigenvalue weighted by atomic mass is 32.1. The van der Waals surface area contributed by atoms with Gasteiger partial charge >= 0.3 is 0 Å². The fourth-order valence-electron chi connectivity index (χ4n) is 1.38. The number of benzene rings is 1. The minimum atomic E-state index is -0.837. The molecule has 0 aliphatic rings. The Hall–Kier alpha value is -1.86. The van der Waals surface area contributed by atoms with E-state index in [4.69, 9.17) is 5.73 Å². The smallest absolute Gasteiger partial charge is 0.275 e. The van der Waals surface area contributed by atoms with E-state index >= 15 is 0 Å². The number of nitrogens with one attached hydrogen (secondary N) is 1. The summed E-state index contributed by atoms with van der Waals surface area (Å²) in [6.45, 7) is 1.75. The number of thiazole rings is 1. The summed E-state index contributed by atoms with van der Waals surface area (Å²) < 4.78 is 26.1. The fourth-order valence-corrected chi connectivity index (χ4v) is 2.14. The maximum Gasteiger partial charge on any atom is 0.275 e. The quantitative estimate of drug-likeness (QED) is 0.910. The molecule has 2 aromatic rings. The zero-order valence-electron chi connectivity index (χ0n) is 9.98. The average molecular weight is 283 g/mol. The molecule has 3 N–H and O–H groups in total. The number of amides is 1. The Labute approximate surface area is 112 Å². The maximum absolute atomic E-state index is 13.4. The molecule has 0 aliphatic heterocycles. The third-order valence-electron chi connectivity index (χ3n) is 2.32. The average Bonchev–Trinajstić information content (AvgIpc) is 2.82. The van der Waals surface area contributed by atoms with Crippen LogP contribution in [0.2, 0.25) is 0 Å². The lowest BCUT2D eigenvalue weighted by atomic mass is 10.3. The molecule has 0 aliphatic carbocycles. The number of carbonyl (C=O) groups is 1. The molecule has 4 nitrogen and oxygen atoms in total. The fraction of sp³-hybridized carbons (Fsp3) is 0.167. The highest BCUT2D eigenvalue weighted by Gasteiger charge is 2.14. The van der Waals surface area contributed by atoms with Crippen LogP contribution in [0, 0.1) is 11.6 Å². The van der Waals surface area contributed by atoms with Crippen LogP contribution < -0.4 is 11.1 Å². The van der Waals surface area contributed by atoms with Gasteiger partial charge in [0, 0.05) is 11.4 Å². The molecular formula is C12H11F2N3OS. The largest absolute Gasteiger partial charge is 0.322 e. The molecule has 1 heterocycles. The molecule has 0 fully saturated rings. The Kier molecular flexibility index (Phi) is 3.87. The molecule has 0 saturated heterocycles. The molecule has 0 radical (unpaired) electrons. The second kappa shape index (κ2) is 5.41. The van der Waals surface area contributed by atoms with Gasteiger partial charge < -0.3 is 11.1 Å². The Morgan fingerprint density at radius 1 is 1.47 bits per heavy atom. The number of aromatic nitrogens is 1. The lowest BCUT2D eigenvalue weighted by Gasteiger charge is -2.04. The first-order valence-electron chi connectivity index (χ1n) is 5.45. The number of hydrogen-bond acceptors (Lipinski definition) is 4. The van der Waals surface area contributed by atoms with Gasteiger partial charge in [-0.15, -0.1) is 11.3 Å². The standard InChI is InChI=1S/C12H11F2N3OS/c1-6(15)12-17-10(5-19-12)11(18)16-9-3-2-7(13)4-8(9)14/h2-6H,15H2,1H3,(H,16,18). The minimum absolute atomic E-state index is 0.0956. The number of rotatable bonds is 3. The summed E-state index contributed by atoms with van der Waals surface area (Å²) in [5.74, 6) is -2.10. The van der Waals surface area contributed by atoms with E-state index in [1.807, 2.05) is 0 Å². The van der Waals surface area contributed by atoms with Crippen molar-refractivity contribution >= 4 is 22.9 Å². The van der Waals surface area contributed by atoms with E-state index in [9.17, 15) is 13.6 Å². The summed E-state index contributed by atoms with van der Waals surface area (Å²) in [6.07, 6.45) is 0. The molecule has 1 amide bonds. The van der Waals surface area contributed by atoms with E-state index in [0.29, 0.717) is 11.1 Å². The second-order valence-electron chi connectivity index (χ2n) is 3.94. The van der Waals surface area contributed by atoms with Gasteiger partial charge in [-0.3, -0.25) is 4.79 Å². The highest BCUT2D eigenvalue weighted by Crippen LogP contribution is 2.19. The summed E-state index contributed by atoms with van der Waals surface area (Å²) in [7, 11) is 0. The SMILES string of the molecule is CC(N)c1nc(C(=O)Nc2ccc(F)cc2F)cs1. The van der Waals surface area contributed by atoms with Crippen LogP contribution in [-0.4, -0.2) is 10.9 Å². The molecule has 7 heteroatoms. The first-order valence-corrected chi connectivity index (χ1v) is 6.32. The van der Waals surface area contributed by atoms with Crippen molar-refractivity contribution in [3.05, 3.63) is 45.9 Å². The molecule has 0 bridgehead atoms. The number of carbonyl (C=O) groups excluding carboxylic acids is 1. The second-order valence-corrected chi connectivity index (χ2v) is 4.83. The van der Waals surface area contributed by atoms with Crippen molar-refractivity contribution < 1.29 is 13.6 Å². The van der Waals surface area contributed by atoms with Crippen LogP contribution in [-0.2, 0) is 0 Å². The lowest BCUT2D eigenvalue weighted by Crippen LogP contribution is -2.14. The van der Waals surface area contributed by atoms with Gasteiger partial charge in [-0.1, -0.05) is 0 Å². The first-order chi connectivity index (χ1) is 8.97. The molecule has 1 aromatic heterocycles. The van der Waals surface area contributed by atoms with Gasteiger partial charge in [-0.05, 0) is 19.1 Å². The third-order valence-corrected chi connectivity index (χ3v) is 3.37. The van der Waals surface area contributed by atoms with Gasteiger partial charge in [0.15, 0.2) is 0 Å². The van der Waals surface area contributed by atoms with Crippen LogP contribution in [0.1, 0.15) is 28.5 Å². The summed E-state index contributed by atoms with van der Waals surface area (Å²) in [6, 6.07) is 2.65. The van der Waals surface area contributed by atoms with E-state index in [-0.39, 0.29) is 17.4 Å². The summed E-state index contributed by atoms with van der Waals surface area (Å²) >= 11 is 1.25. The number of anilines is 1. The molecule has 19 heavy (non-hydrogen) atoms. The van der Waals surface area contributed by atoms with Crippen molar-refractivity contribution in [2.24, 2.45) is 5.73 Å². The van der Waals surface area contributed by atoms with E-state index in [2.05, 4.69) is 10.3 Å². The third kappa shape index (κ3) is 3.12. The molecule has 0 saturated carbocycles. The van der Waals surface area contributed by atoms with Crippen LogP contribution in [0.4, 0.5) is 14.5 Å². The zero-order valence-corrected chi connectivity index (χ0v) is 10.8. The van der Waals surface area contributed by atoms with E-state index in [1.54, 1.807) is 6.92 Å². The van der Waals surface area contributed by atoms with Crippen LogP contribution in [0.15, 0.2) is 23.6 Å². The molecule has 0 spiro atoms. The van der Waals surface area contributed by atoms with E-state index < -0.39 is 17.5 Å². The highest BCUT2D eigenvalue weighted by molar-refractivity contribution is 7.09. The van der Waals surface area contributed by atoms with Crippen molar-refractivity contribution in [3.63, 3.8) is 0 Å². The predicted octanol–water partition coefficient (Wildman–Crippen LogP) is 2.69. The van der Waals surface area contributed by atoms with Crippen molar-refractivity contribution in [2.45, 2.75) is 13.0 Å². The van der Waals surface area contributed by atoms with Crippen molar-refractivity contribution in [1.29, 1.82) is 0 Å². The van der Waals surface area contributed by atoms with Gasteiger partial charge in [-0.2, -0.15) is 0 Å². The summed E-state index contributed by atoms with van der Waals surface area (Å²) in [5.41, 5.74) is 5.69. The Balaban J connectivity index is 2.16.